The third-order valence-electron chi connectivity index (χ3n) is 2.76. The van der Waals surface area contributed by atoms with Gasteiger partial charge in [-0.15, -0.1) is 0 Å². The second-order valence-electron chi connectivity index (χ2n) is 4.26. The molecule has 0 fully saturated rings. The number of ether oxygens (including phenoxy) is 1. The van der Waals surface area contributed by atoms with Crippen LogP contribution in [-0.2, 0) is 16.0 Å². The Balaban J connectivity index is 2.34. The van der Waals surface area contributed by atoms with Crippen molar-refractivity contribution in [1.82, 2.24) is 4.98 Å². The van der Waals surface area contributed by atoms with Crippen LogP contribution in [0.4, 0.5) is 0 Å². The van der Waals surface area contributed by atoms with E-state index in [0.29, 0.717) is 5.75 Å². The number of nitrogens with one attached hydrogen (secondary N) is 1. The summed E-state index contributed by atoms with van der Waals surface area (Å²) in [6.45, 7) is 1.32. The average Bonchev–Trinajstić information content (AvgIpc) is 2.71. The Morgan fingerprint density at radius 2 is 2.21 bits per heavy atom. The van der Waals surface area contributed by atoms with Crippen LogP contribution >= 0.6 is 0 Å². The second-order valence-corrected chi connectivity index (χ2v) is 4.26. The minimum atomic E-state index is -1.05. The number of esters is 1. The van der Waals surface area contributed by atoms with Gasteiger partial charge in [0.2, 0.25) is 0 Å². The number of benzene rings is 1. The summed E-state index contributed by atoms with van der Waals surface area (Å²) in [6.07, 6.45) is 1.92. The highest BCUT2D eigenvalue weighted by Crippen LogP contribution is 2.24. The number of fused-ring (bicyclic) bond motifs is 1. The molecule has 0 aliphatic heterocycles. The van der Waals surface area contributed by atoms with Crippen LogP contribution in [0, 0.1) is 0 Å². The molecule has 4 N–H and O–H groups in total. The summed E-state index contributed by atoms with van der Waals surface area (Å²) in [4.78, 5) is 24.7. The van der Waals surface area contributed by atoms with Crippen molar-refractivity contribution in [1.29, 1.82) is 0 Å². The number of hydrogen-bond donors (Lipinski definition) is 3. The second kappa shape index (κ2) is 5.11. The van der Waals surface area contributed by atoms with E-state index in [1.807, 2.05) is 0 Å². The van der Waals surface area contributed by atoms with Crippen molar-refractivity contribution in [2.75, 3.05) is 0 Å². The van der Waals surface area contributed by atoms with Crippen LogP contribution in [0.25, 0.3) is 10.9 Å². The van der Waals surface area contributed by atoms with Crippen molar-refractivity contribution < 1.29 is 19.4 Å². The molecule has 100 valence electrons. The molecule has 0 radical (unpaired) electrons. The number of aliphatic carboxylic acids is 1. The monoisotopic (exact) mass is 262 g/mol. The van der Waals surface area contributed by atoms with Gasteiger partial charge < -0.3 is 20.6 Å². The van der Waals surface area contributed by atoms with E-state index >= 15 is 0 Å². The van der Waals surface area contributed by atoms with E-state index in [4.69, 9.17) is 15.6 Å². The highest BCUT2D eigenvalue weighted by atomic mass is 16.5. The van der Waals surface area contributed by atoms with Gasteiger partial charge in [0, 0.05) is 30.4 Å². The maximum atomic E-state index is 10.9. The zero-order valence-corrected chi connectivity index (χ0v) is 10.3. The van der Waals surface area contributed by atoms with Crippen molar-refractivity contribution in [3.63, 3.8) is 0 Å². The molecular weight excluding hydrogens is 248 g/mol. The number of rotatable bonds is 4. The molecule has 2 aromatic rings. The third-order valence-corrected chi connectivity index (χ3v) is 2.76. The van der Waals surface area contributed by atoms with Gasteiger partial charge in [0.1, 0.15) is 11.8 Å². The molecule has 1 aromatic carbocycles. The Morgan fingerprint density at radius 3 is 2.84 bits per heavy atom. The molecule has 6 nitrogen and oxygen atoms in total. The van der Waals surface area contributed by atoms with Crippen LogP contribution in [0.15, 0.2) is 24.4 Å². The molecule has 0 aliphatic carbocycles. The lowest BCUT2D eigenvalue weighted by Crippen LogP contribution is -2.32. The molecule has 6 heteroatoms. The van der Waals surface area contributed by atoms with Crippen LogP contribution in [0.2, 0.25) is 0 Å². The number of nitrogens with two attached hydrogens (primary N) is 1. The zero-order chi connectivity index (χ0) is 14.0. The number of H-pyrrole nitrogens is 1. The van der Waals surface area contributed by atoms with Gasteiger partial charge in [-0.3, -0.25) is 9.59 Å². The van der Waals surface area contributed by atoms with Crippen LogP contribution in [0.3, 0.4) is 0 Å². The Kier molecular flexibility index (Phi) is 3.52. The number of aromatic nitrogens is 1. The standard InChI is InChI=1S/C13H14N2O4/c1-7(16)19-9-2-3-12-10(5-9)8(6-15-12)4-11(14)13(17)18/h2-3,5-6,11,15H,4,14H2,1H3,(H,17,18)/t11-/m0/s1. The van der Waals surface area contributed by atoms with Crippen LogP contribution in [0.1, 0.15) is 12.5 Å². The molecule has 0 spiro atoms. The van der Waals surface area contributed by atoms with Gasteiger partial charge >= 0.3 is 11.9 Å². The Bertz CT molecular complexity index is 633. The first-order valence-corrected chi connectivity index (χ1v) is 5.74. The third kappa shape index (κ3) is 2.92. The summed E-state index contributed by atoms with van der Waals surface area (Å²) in [6, 6.07) is 4.16. The first kappa shape index (κ1) is 13.1. The summed E-state index contributed by atoms with van der Waals surface area (Å²) >= 11 is 0. The fourth-order valence-corrected chi connectivity index (χ4v) is 1.88. The van der Waals surface area contributed by atoms with Gasteiger partial charge in [-0.2, -0.15) is 0 Å². The SMILES string of the molecule is CC(=O)Oc1ccc2[nH]cc(C[C@H](N)C(=O)O)c2c1. The molecule has 0 saturated heterocycles. The Morgan fingerprint density at radius 1 is 1.47 bits per heavy atom. The Hall–Kier alpha value is -2.34. The highest BCUT2D eigenvalue weighted by Gasteiger charge is 2.15. The molecular formula is C13H14N2O4. The molecule has 0 bridgehead atoms. The predicted molar refractivity (Wildman–Crippen MR) is 68.9 cm³/mol. The molecule has 19 heavy (non-hydrogen) atoms. The largest absolute Gasteiger partial charge is 0.480 e. The molecule has 0 aliphatic rings. The molecule has 0 unspecified atom stereocenters. The number of carbonyl (C=O) groups excluding carboxylic acids is 1. The van der Waals surface area contributed by atoms with Gasteiger partial charge in [0.15, 0.2) is 0 Å². The normalized spacial score (nSPS) is 12.3. The molecule has 1 atom stereocenters. The summed E-state index contributed by atoms with van der Waals surface area (Å²) in [5.74, 6) is -1.03. The highest BCUT2D eigenvalue weighted by molar-refractivity contribution is 5.86. The van der Waals surface area contributed by atoms with Crippen LogP contribution in [0.5, 0.6) is 5.75 Å². The smallest absolute Gasteiger partial charge is 0.320 e. The van der Waals surface area contributed by atoms with E-state index in [1.54, 1.807) is 24.4 Å². The number of aromatic amines is 1. The first-order valence-electron chi connectivity index (χ1n) is 5.74. The van der Waals surface area contributed by atoms with E-state index in [0.717, 1.165) is 16.5 Å². The van der Waals surface area contributed by atoms with Crippen molar-refractivity contribution in [3.8, 4) is 5.75 Å². The van der Waals surface area contributed by atoms with Gasteiger partial charge in [-0.05, 0) is 23.8 Å². The zero-order valence-electron chi connectivity index (χ0n) is 10.3. The number of carboxylic acid groups (broad SMARTS) is 1. The summed E-state index contributed by atoms with van der Waals surface area (Å²) in [7, 11) is 0. The number of hydrogen-bond acceptors (Lipinski definition) is 4. The summed E-state index contributed by atoms with van der Waals surface area (Å²) in [5.41, 5.74) is 7.13. The summed E-state index contributed by atoms with van der Waals surface area (Å²) in [5, 5.41) is 9.62. The molecule has 0 amide bonds. The topological polar surface area (TPSA) is 105 Å². The van der Waals surface area contributed by atoms with Gasteiger partial charge in [0.25, 0.3) is 0 Å². The molecule has 1 heterocycles. The number of carboxylic acids is 1. The maximum Gasteiger partial charge on any atom is 0.320 e. The molecule has 2 rings (SSSR count). The van der Waals surface area contributed by atoms with Crippen molar-refractivity contribution >= 4 is 22.8 Å². The first-order chi connectivity index (χ1) is 8.97. The molecule has 1 aromatic heterocycles. The van der Waals surface area contributed by atoms with Gasteiger partial charge in [-0.25, -0.2) is 0 Å². The fourth-order valence-electron chi connectivity index (χ4n) is 1.88. The van der Waals surface area contributed by atoms with Crippen LogP contribution in [-0.4, -0.2) is 28.1 Å². The molecule has 0 saturated carbocycles. The van der Waals surface area contributed by atoms with Crippen molar-refractivity contribution in [2.24, 2.45) is 5.73 Å². The average molecular weight is 262 g/mol. The lowest BCUT2D eigenvalue weighted by molar-refractivity contribution is -0.138. The summed E-state index contributed by atoms with van der Waals surface area (Å²) < 4.78 is 5.00. The van der Waals surface area contributed by atoms with Gasteiger partial charge in [-0.1, -0.05) is 0 Å². The van der Waals surface area contributed by atoms with E-state index < -0.39 is 18.0 Å². The predicted octanol–water partition coefficient (Wildman–Crippen LogP) is 1.05. The maximum absolute atomic E-state index is 10.9. The van der Waals surface area contributed by atoms with Crippen LogP contribution < -0.4 is 10.5 Å². The van der Waals surface area contributed by atoms with Gasteiger partial charge in [0.05, 0.1) is 0 Å². The Labute approximate surface area is 109 Å². The van der Waals surface area contributed by atoms with E-state index in [2.05, 4.69) is 4.98 Å². The van der Waals surface area contributed by atoms with Crippen molar-refractivity contribution in [3.05, 3.63) is 30.0 Å². The lowest BCUT2D eigenvalue weighted by atomic mass is 10.1. The van der Waals surface area contributed by atoms with E-state index in [9.17, 15) is 9.59 Å². The van der Waals surface area contributed by atoms with E-state index in [-0.39, 0.29) is 6.42 Å². The minimum Gasteiger partial charge on any atom is -0.480 e. The fraction of sp³-hybridized carbons (Fsp3) is 0.231. The minimum absolute atomic E-state index is 0.207. The van der Waals surface area contributed by atoms with Crippen molar-refractivity contribution in [2.45, 2.75) is 19.4 Å². The lowest BCUT2D eigenvalue weighted by Gasteiger charge is -2.06. The van der Waals surface area contributed by atoms with E-state index in [1.165, 1.54) is 6.92 Å². The number of carbonyl (C=O) groups is 2. The quantitative estimate of drug-likeness (QED) is 0.564.